The van der Waals surface area contributed by atoms with Crippen LogP contribution >= 0.6 is 23.2 Å². The van der Waals surface area contributed by atoms with Gasteiger partial charge >= 0.3 is 0 Å². The molecule has 1 aromatic heterocycles. The molecule has 0 bridgehead atoms. The fourth-order valence-electron chi connectivity index (χ4n) is 1.29. The molecule has 1 N–H and O–H groups in total. The molecule has 3 nitrogen and oxygen atoms in total. The highest BCUT2D eigenvalue weighted by Gasteiger charge is 2.12. The van der Waals surface area contributed by atoms with Crippen molar-refractivity contribution < 1.29 is 4.79 Å². The van der Waals surface area contributed by atoms with Gasteiger partial charge in [0.25, 0.3) is 5.91 Å². The topological polar surface area (TPSA) is 42.0 Å². The molecule has 17 heavy (non-hydrogen) atoms. The minimum absolute atomic E-state index is 0.153. The number of rotatable bonds is 2. The monoisotopic (exact) mass is 266 g/mol. The number of aromatic nitrogens is 1. The minimum Gasteiger partial charge on any atom is -0.321 e. The summed E-state index contributed by atoms with van der Waals surface area (Å²) >= 11 is 11.6. The van der Waals surface area contributed by atoms with Crippen LogP contribution in [0.1, 0.15) is 10.5 Å². The molecule has 1 aromatic carbocycles. The van der Waals surface area contributed by atoms with Crippen LogP contribution in [0, 0.1) is 0 Å². The Labute approximate surface area is 108 Å². The van der Waals surface area contributed by atoms with Gasteiger partial charge in [0.15, 0.2) is 0 Å². The summed E-state index contributed by atoms with van der Waals surface area (Å²) in [6.45, 7) is 0. The zero-order valence-electron chi connectivity index (χ0n) is 8.65. The SMILES string of the molecule is O=C(Nc1ccccc1)c1ncc(Cl)cc1Cl. The van der Waals surface area contributed by atoms with Crippen LogP contribution in [0.4, 0.5) is 5.69 Å². The lowest BCUT2D eigenvalue weighted by atomic mass is 10.3. The van der Waals surface area contributed by atoms with Crippen LogP contribution in [-0.4, -0.2) is 10.9 Å². The van der Waals surface area contributed by atoms with Gasteiger partial charge in [0.05, 0.1) is 10.0 Å². The quantitative estimate of drug-likeness (QED) is 0.902. The summed E-state index contributed by atoms with van der Waals surface area (Å²) in [6.07, 6.45) is 1.38. The number of benzene rings is 1. The third-order valence-corrected chi connectivity index (χ3v) is 2.55. The Hall–Kier alpha value is -1.58. The van der Waals surface area contributed by atoms with Crippen molar-refractivity contribution in [3.63, 3.8) is 0 Å². The number of carbonyl (C=O) groups is 1. The van der Waals surface area contributed by atoms with Crippen LogP contribution in [0.15, 0.2) is 42.6 Å². The van der Waals surface area contributed by atoms with Crippen molar-refractivity contribution in [2.24, 2.45) is 0 Å². The van der Waals surface area contributed by atoms with E-state index in [0.717, 1.165) is 0 Å². The maximum atomic E-state index is 11.8. The molecule has 5 heteroatoms. The highest BCUT2D eigenvalue weighted by atomic mass is 35.5. The summed E-state index contributed by atoms with van der Waals surface area (Å²) in [5.41, 5.74) is 0.838. The lowest BCUT2D eigenvalue weighted by Crippen LogP contribution is -2.14. The van der Waals surface area contributed by atoms with E-state index in [1.54, 1.807) is 12.1 Å². The van der Waals surface area contributed by atoms with E-state index in [1.807, 2.05) is 18.2 Å². The molecule has 1 heterocycles. The first kappa shape index (κ1) is 11.9. The third-order valence-electron chi connectivity index (χ3n) is 2.05. The largest absolute Gasteiger partial charge is 0.321 e. The van der Waals surface area contributed by atoms with Crippen molar-refractivity contribution in [2.45, 2.75) is 0 Å². The Bertz CT molecular complexity index is 543. The lowest BCUT2D eigenvalue weighted by Gasteiger charge is -2.05. The van der Waals surface area contributed by atoms with Crippen molar-refractivity contribution in [1.29, 1.82) is 0 Å². The minimum atomic E-state index is -0.363. The van der Waals surface area contributed by atoms with Gasteiger partial charge in [0, 0.05) is 11.9 Å². The predicted octanol–water partition coefficient (Wildman–Crippen LogP) is 3.64. The number of pyridine rings is 1. The normalized spacial score (nSPS) is 10.0. The number of hydrogen-bond donors (Lipinski definition) is 1. The van der Waals surface area contributed by atoms with E-state index in [4.69, 9.17) is 23.2 Å². The summed E-state index contributed by atoms with van der Waals surface area (Å²) in [7, 11) is 0. The molecule has 0 unspecified atom stereocenters. The van der Waals surface area contributed by atoms with Gasteiger partial charge in [-0.05, 0) is 18.2 Å². The first-order chi connectivity index (χ1) is 8.16. The molecule has 0 spiro atoms. The number of carbonyl (C=O) groups excluding carboxylic acids is 1. The fraction of sp³-hybridized carbons (Fsp3) is 0. The van der Waals surface area contributed by atoms with E-state index in [2.05, 4.69) is 10.3 Å². The lowest BCUT2D eigenvalue weighted by molar-refractivity contribution is 0.102. The molecular weight excluding hydrogens is 259 g/mol. The van der Waals surface area contributed by atoms with E-state index in [1.165, 1.54) is 12.3 Å². The van der Waals surface area contributed by atoms with E-state index >= 15 is 0 Å². The summed E-state index contributed by atoms with van der Waals surface area (Å²) < 4.78 is 0. The number of amides is 1. The molecule has 2 aromatic rings. The molecule has 0 atom stereocenters. The number of nitrogens with one attached hydrogen (secondary N) is 1. The van der Waals surface area contributed by atoms with Gasteiger partial charge in [-0.15, -0.1) is 0 Å². The van der Waals surface area contributed by atoms with Crippen LogP contribution in [0.3, 0.4) is 0 Å². The van der Waals surface area contributed by atoms with Crippen molar-refractivity contribution in [3.8, 4) is 0 Å². The first-order valence-corrected chi connectivity index (χ1v) is 5.60. The molecule has 1 amide bonds. The van der Waals surface area contributed by atoms with Crippen LogP contribution < -0.4 is 5.32 Å². The molecule has 0 saturated carbocycles. The average Bonchev–Trinajstić information content (AvgIpc) is 2.30. The standard InChI is InChI=1S/C12H8Cl2N2O/c13-8-6-10(14)11(15-7-8)12(17)16-9-4-2-1-3-5-9/h1-7H,(H,16,17). The zero-order valence-corrected chi connectivity index (χ0v) is 10.2. The Morgan fingerprint density at radius 1 is 1.18 bits per heavy atom. The molecule has 86 valence electrons. The maximum absolute atomic E-state index is 11.8. The average molecular weight is 267 g/mol. The van der Waals surface area contributed by atoms with E-state index in [-0.39, 0.29) is 16.6 Å². The summed E-state index contributed by atoms with van der Waals surface area (Å²) in [4.78, 5) is 15.7. The number of para-hydroxylation sites is 1. The van der Waals surface area contributed by atoms with Crippen molar-refractivity contribution >= 4 is 34.8 Å². The Balaban J connectivity index is 2.21. The fourth-order valence-corrected chi connectivity index (χ4v) is 1.76. The smallest absolute Gasteiger partial charge is 0.275 e. The summed E-state index contributed by atoms with van der Waals surface area (Å²) in [5.74, 6) is -0.363. The van der Waals surface area contributed by atoms with Gasteiger partial charge in [-0.2, -0.15) is 0 Å². The van der Waals surface area contributed by atoms with Gasteiger partial charge in [0.1, 0.15) is 5.69 Å². The molecule has 2 rings (SSSR count). The highest BCUT2D eigenvalue weighted by molar-refractivity contribution is 6.36. The predicted molar refractivity (Wildman–Crippen MR) is 68.7 cm³/mol. The van der Waals surface area contributed by atoms with E-state index < -0.39 is 0 Å². The van der Waals surface area contributed by atoms with Crippen LogP contribution in [-0.2, 0) is 0 Å². The van der Waals surface area contributed by atoms with Gasteiger partial charge in [-0.3, -0.25) is 4.79 Å². The number of anilines is 1. The van der Waals surface area contributed by atoms with E-state index in [0.29, 0.717) is 10.7 Å². The first-order valence-electron chi connectivity index (χ1n) is 4.84. The molecule has 0 saturated heterocycles. The third kappa shape index (κ3) is 2.96. The molecule has 0 aliphatic heterocycles. The Kier molecular flexibility index (Phi) is 3.61. The summed E-state index contributed by atoms with van der Waals surface area (Å²) in [5, 5.41) is 3.31. The Morgan fingerprint density at radius 2 is 1.88 bits per heavy atom. The van der Waals surface area contributed by atoms with E-state index in [9.17, 15) is 4.79 Å². The van der Waals surface area contributed by atoms with Crippen LogP contribution in [0.25, 0.3) is 0 Å². The molecule has 0 aliphatic rings. The maximum Gasteiger partial charge on any atom is 0.275 e. The zero-order chi connectivity index (χ0) is 12.3. The second-order valence-corrected chi connectivity index (χ2v) is 4.15. The second-order valence-electron chi connectivity index (χ2n) is 3.30. The van der Waals surface area contributed by atoms with Crippen molar-refractivity contribution in [3.05, 3.63) is 58.3 Å². The Morgan fingerprint density at radius 3 is 2.53 bits per heavy atom. The van der Waals surface area contributed by atoms with Gasteiger partial charge in [-0.1, -0.05) is 41.4 Å². The highest BCUT2D eigenvalue weighted by Crippen LogP contribution is 2.19. The van der Waals surface area contributed by atoms with Crippen molar-refractivity contribution in [1.82, 2.24) is 4.98 Å². The van der Waals surface area contributed by atoms with Crippen LogP contribution in [0.2, 0.25) is 10.0 Å². The number of hydrogen-bond acceptors (Lipinski definition) is 2. The molecular formula is C12H8Cl2N2O. The van der Waals surface area contributed by atoms with Gasteiger partial charge in [-0.25, -0.2) is 4.98 Å². The van der Waals surface area contributed by atoms with Gasteiger partial charge in [0.2, 0.25) is 0 Å². The summed E-state index contributed by atoms with van der Waals surface area (Å²) in [6, 6.07) is 10.6. The number of halogens is 2. The second kappa shape index (κ2) is 5.17. The molecule has 0 fully saturated rings. The van der Waals surface area contributed by atoms with Crippen LogP contribution in [0.5, 0.6) is 0 Å². The molecule has 0 aliphatic carbocycles. The molecule has 0 radical (unpaired) electrons. The van der Waals surface area contributed by atoms with Gasteiger partial charge < -0.3 is 5.32 Å². The number of nitrogens with zero attached hydrogens (tertiary/aromatic N) is 1. The van der Waals surface area contributed by atoms with Crippen molar-refractivity contribution in [2.75, 3.05) is 5.32 Å².